The first-order valence-corrected chi connectivity index (χ1v) is 12.2. The molecule has 1 fully saturated rings. The van der Waals surface area contributed by atoms with E-state index >= 15 is 0 Å². The Labute approximate surface area is 202 Å². The SMILES string of the molecule is COc1cc2c(cc1OC)[C@@H](c1ccccc1)N(N1CCC[C@H]1COCc1ccccc1)CC2. The largest absolute Gasteiger partial charge is 0.493 e. The Morgan fingerprint density at radius 3 is 2.26 bits per heavy atom. The zero-order valence-corrected chi connectivity index (χ0v) is 20.2. The van der Waals surface area contributed by atoms with E-state index in [9.17, 15) is 0 Å². The molecule has 5 nitrogen and oxygen atoms in total. The van der Waals surface area contributed by atoms with Gasteiger partial charge in [0, 0.05) is 19.1 Å². The van der Waals surface area contributed by atoms with Crippen molar-refractivity contribution in [3.8, 4) is 11.5 Å². The minimum atomic E-state index is 0.138. The number of hydrazine groups is 1. The molecule has 2 aliphatic heterocycles. The average molecular weight is 459 g/mol. The Morgan fingerprint density at radius 1 is 0.824 bits per heavy atom. The van der Waals surface area contributed by atoms with Gasteiger partial charge >= 0.3 is 0 Å². The van der Waals surface area contributed by atoms with Crippen LogP contribution in [0.4, 0.5) is 0 Å². The van der Waals surface area contributed by atoms with Gasteiger partial charge in [-0.05, 0) is 53.6 Å². The Hall–Kier alpha value is -2.86. The maximum absolute atomic E-state index is 6.20. The standard InChI is InChI=1S/C29H34N2O3/c1-32-27-18-24-15-17-31(29(23-12-7-4-8-13-23)26(24)19-28(27)33-2)30-16-9-14-25(30)21-34-20-22-10-5-3-6-11-22/h3-8,10-13,18-19,25,29H,9,14-17,20-21H2,1-2H3/t25-,29+/m0/s1. The van der Waals surface area contributed by atoms with Crippen molar-refractivity contribution in [1.29, 1.82) is 0 Å². The summed E-state index contributed by atoms with van der Waals surface area (Å²) in [4.78, 5) is 0. The van der Waals surface area contributed by atoms with Gasteiger partial charge in [0.1, 0.15) is 0 Å². The van der Waals surface area contributed by atoms with Crippen LogP contribution in [0.25, 0.3) is 0 Å². The molecule has 0 bridgehead atoms. The van der Waals surface area contributed by atoms with Gasteiger partial charge in [-0.1, -0.05) is 60.7 Å². The van der Waals surface area contributed by atoms with Crippen LogP contribution < -0.4 is 9.47 Å². The fourth-order valence-corrected chi connectivity index (χ4v) is 5.41. The van der Waals surface area contributed by atoms with Gasteiger partial charge < -0.3 is 14.2 Å². The molecule has 3 aromatic rings. The molecule has 0 aliphatic carbocycles. The van der Waals surface area contributed by atoms with Crippen LogP contribution in [0.2, 0.25) is 0 Å². The number of benzene rings is 3. The summed E-state index contributed by atoms with van der Waals surface area (Å²) in [6, 6.07) is 26.1. The van der Waals surface area contributed by atoms with Gasteiger partial charge in [0.2, 0.25) is 0 Å². The first-order chi connectivity index (χ1) is 16.8. The molecule has 0 saturated carbocycles. The van der Waals surface area contributed by atoms with Crippen molar-refractivity contribution in [3.63, 3.8) is 0 Å². The molecule has 0 spiro atoms. The molecule has 0 unspecified atom stereocenters. The van der Waals surface area contributed by atoms with Gasteiger partial charge in [0.15, 0.2) is 11.5 Å². The lowest BCUT2D eigenvalue weighted by Gasteiger charge is -2.45. The molecule has 34 heavy (non-hydrogen) atoms. The van der Waals surface area contributed by atoms with Gasteiger partial charge in [0.25, 0.3) is 0 Å². The number of hydrogen-bond donors (Lipinski definition) is 0. The van der Waals surface area contributed by atoms with Crippen molar-refractivity contribution >= 4 is 0 Å². The molecule has 5 rings (SSSR count). The van der Waals surface area contributed by atoms with Crippen molar-refractivity contribution in [2.24, 2.45) is 0 Å². The lowest BCUT2D eigenvalue weighted by Crippen LogP contribution is -2.51. The summed E-state index contributed by atoms with van der Waals surface area (Å²) in [6.45, 7) is 3.43. The van der Waals surface area contributed by atoms with Crippen LogP contribution in [0.3, 0.4) is 0 Å². The first kappa shape index (κ1) is 22.9. The third-order valence-corrected chi connectivity index (χ3v) is 7.06. The lowest BCUT2D eigenvalue weighted by atomic mass is 9.88. The summed E-state index contributed by atoms with van der Waals surface area (Å²) >= 11 is 0. The Bertz CT molecular complexity index is 1070. The Kier molecular flexibility index (Phi) is 7.14. The maximum Gasteiger partial charge on any atom is 0.161 e. The zero-order chi connectivity index (χ0) is 23.3. The predicted octanol–water partition coefficient (Wildman–Crippen LogP) is 5.25. The fraction of sp³-hybridized carbons (Fsp3) is 0.379. The van der Waals surface area contributed by atoms with Crippen molar-refractivity contribution in [3.05, 3.63) is 95.1 Å². The summed E-state index contributed by atoms with van der Waals surface area (Å²) in [5.74, 6) is 1.59. The second-order valence-corrected chi connectivity index (χ2v) is 9.09. The fourth-order valence-electron chi connectivity index (χ4n) is 5.41. The third kappa shape index (κ3) is 4.69. The number of rotatable bonds is 8. The van der Waals surface area contributed by atoms with Gasteiger partial charge in [-0.2, -0.15) is 0 Å². The van der Waals surface area contributed by atoms with E-state index in [2.05, 4.69) is 76.7 Å². The molecular weight excluding hydrogens is 424 g/mol. The summed E-state index contributed by atoms with van der Waals surface area (Å²) in [7, 11) is 3.42. The molecule has 0 amide bonds. The highest BCUT2D eigenvalue weighted by Crippen LogP contribution is 2.42. The molecule has 3 aromatic carbocycles. The molecule has 0 radical (unpaired) electrons. The van der Waals surface area contributed by atoms with Crippen molar-refractivity contribution < 1.29 is 14.2 Å². The van der Waals surface area contributed by atoms with E-state index in [0.717, 1.165) is 44.0 Å². The monoisotopic (exact) mass is 458 g/mol. The smallest absolute Gasteiger partial charge is 0.161 e. The topological polar surface area (TPSA) is 34.2 Å². The summed E-state index contributed by atoms with van der Waals surface area (Å²) < 4.78 is 17.5. The van der Waals surface area contributed by atoms with Gasteiger partial charge in [-0.25, -0.2) is 10.0 Å². The number of ether oxygens (including phenoxy) is 3. The predicted molar refractivity (Wildman–Crippen MR) is 134 cm³/mol. The summed E-state index contributed by atoms with van der Waals surface area (Å²) in [5.41, 5.74) is 5.15. The second kappa shape index (κ2) is 10.6. The molecule has 2 heterocycles. The highest BCUT2D eigenvalue weighted by Gasteiger charge is 2.38. The van der Waals surface area contributed by atoms with Crippen LogP contribution in [0.1, 0.15) is 41.1 Å². The van der Waals surface area contributed by atoms with Crippen molar-refractivity contribution in [2.75, 3.05) is 33.9 Å². The second-order valence-electron chi connectivity index (χ2n) is 9.09. The van der Waals surface area contributed by atoms with Crippen LogP contribution in [0.15, 0.2) is 72.8 Å². The van der Waals surface area contributed by atoms with E-state index in [-0.39, 0.29) is 6.04 Å². The molecular formula is C29H34N2O3. The zero-order valence-electron chi connectivity index (χ0n) is 20.2. The third-order valence-electron chi connectivity index (χ3n) is 7.06. The Balaban J connectivity index is 1.42. The van der Waals surface area contributed by atoms with E-state index in [1.54, 1.807) is 14.2 Å². The van der Waals surface area contributed by atoms with E-state index in [4.69, 9.17) is 14.2 Å². The summed E-state index contributed by atoms with van der Waals surface area (Å²) in [5, 5.41) is 5.15. The average Bonchev–Trinajstić information content (AvgIpc) is 3.36. The van der Waals surface area contributed by atoms with Crippen LogP contribution in [-0.2, 0) is 17.8 Å². The molecule has 1 saturated heterocycles. The molecule has 2 atom stereocenters. The normalized spacial score (nSPS) is 20.8. The van der Waals surface area contributed by atoms with Crippen molar-refractivity contribution in [2.45, 2.75) is 38.0 Å². The summed E-state index contributed by atoms with van der Waals surface area (Å²) in [6.07, 6.45) is 3.33. The van der Waals surface area contributed by atoms with E-state index < -0.39 is 0 Å². The minimum absolute atomic E-state index is 0.138. The van der Waals surface area contributed by atoms with E-state index in [0.29, 0.717) is 12.6 Å². The van der Waals surface area contributed by atoms with E-state index in [1.807, 2.05) is 6.07 Å². The maximum atomic E-state index is 6.20. The highest BCUT2D eigenvalue weighted by molar-refractivity contribution is 5.51. The van der Waals surface area contributed by atoms with Gasteiger partial charge in [0.05, 0.1) is 33.5 Å². The number of methoxy groups -OCH3 is 2. The quantitative estimate of drug-likeness (QED) is 0.461. The van der Waals surface area contributed by atoms with Crippen LogP contribution in [-0.4, -0.2) is 50.0 Å². The lowest BCUT2D eigenvalue weighted by molar-refractivity contribution is -0.0865. The first-order valence-electron chi connectivity index (χ1n) is 12.2. The Morgan fingerprint density at radius 2 is 1.53 bits per heavy atom. The number of hydrogen-bond acceptors (Lipinski definition) is 5. The van der Waals surface area contributed by atoms with Crippen LogP contribution in [0.5, 0.6) is 11.5 Å². The molecule has 2 aliphatic rings. The molecule has 5 heteroatoms. The highest BCUT2D eigenvalue weighted by atomic mass is 16.5. The van der Waals surface area contributed by atoms with Crippen molar-refractivity contribution in [1.82, 2.24) is 10.0 Å². The van der Waals surface area contributed by atoms with Gasteiger partial charge in [-0.15, -0.1) is 0 Å². The van der Waals surface area contributed by atoms with E-state index in [1.165, 1.54) is 28.7 Å². The molecule has 178 valence electrons. The minimum Gasteiger partial charge on any atom is -0.493 e. The van der Waals surface area contributed by atoms with Crippen LogP contribution in [0, 0.1) is 0 Å². The van der Waals surface area contributed by atoms with Gasteiger partial charge in [-0.3, -0.25) is 0 Å². The number of fused-ring (bicyclic) bond motifs is 1. The number of nitrogens with zero attached hydrogens (tertiary/aromatic N) is 2. The van der Waals surface area contributed by atoms with Crippen LogP contribution >= 0.6 is 0 Å². The molecule has 0 N–H and O–H groups in total. The molecule has 0 aromatic heterocycles.